The lowest BCUT2D eigenvalue weighted by Gasteiger charge is -2.35. The van der Waals surface area contributed by atoms with Crippen molar-refractivity contribution in [3.8, 4) is 0 Å². The maximum atomic E-state index is 13.3. The molecule has 0 saturated carbocycles. The Balaban J connectivity index is 1.78. The van der Waals surface area contributed by atoms with Crippen LogP contribution in [0.25, 0.3) is 0 Å². The molecule has 3 rings (SSSR count). The zero-order chi connectivity index (χ0) is 32.6. The summed E-state index contributed by atoms with van der Waals surface area (Å²) < 4.78 is 5.23. The average Bonchev–Trinajstić information content (AvgIpc) is 3.43. The van der Waals surface area contributed by atoms with Gasteiger partial charge in [0, 0.05) is 17.5 Å². The number of benzene rings is 1. The molecule has 44 heavy (non-hydrogen) atoms. The number of nitrogens with zero attached hydrogens (tertiary/aromatic N) is 3. The van der Waals surface area contributed by atoms with Crippen LogP contribution in [0.3, 0.4) is 0 Å². The first-order chi connectivity index (χ1) is 20.7. The van der Waals surface area contributed by atoms with Crippen molar-refractivity contribution in [3.63, 3.8) is 0 Å². The Bertz CT molecular complexity index is 1510. The first-order valence-electron chi connectivity index (χ1n) is 12.4. The summed E-state index contributed by atoms with van der Waals surface area (Å²) in [6, 6.07) is 2.67. The summed E-state index contributed by atoms with van der Waals surface area (Å²) in [7, 11) is 0. The molecule has 0 spiro atoms. The molecule has 0 aliphatic carbocycles. The second kappa shape index (κ2) is 14.3. The van der Waals surface area contributed by atoms with Crippen LogP contribution in [0.5, 0.6) is 0 Å². The number of aromatic nitrogens is 1. The Morgan fingerprint density at radius 1 is 1.23 bits per heavy atom. The molecule has 0 radical (unpaired) electrons. The molecule has 1 aliphatic heterocycles. The highest BCUT2D eigenvalue weighted by molar-refractivity contribution is 7.14. The lowest BCUT2D eigenvalue weighted by molar-refractivity contribution is -0.384. The van der Waals surface area contributed by atoms with Crippen LogP contribution < -0.4 is 27.0 Å². The number of hydrogen-bond donors (Lipinski definition) is 5. The number of rotatable bonds is 14. The zero-order valence-corrected chi connectivity index (χ0v) is 24.5. The lowest BCUT2D eigenvalue weighted by atomic mass is 9.97. The largest absolute Gasteiger partial charge is 0.458 e. The average molecular weight is 653 g/mol. The van der Waals surface area contributed by atoms with Crippen LogP contribution in [-0.4, -0.2) is 81.2 Å². The highest BCUT2D eigenvalue weighted by Crippen LogP contribution is 2.20. The molecule has 2 aromatic rings. The Morgan fingerprint density at radius 3 is 2.50 bits per heavy atom. The van der Waals surface area contributed by atoms with Gasteiger partial charge in [-0.2, -0.15) is 0 Å². The second-order valence-corrected chi connectivity index (χ2v) is 10.5. The van der Waals surface area contributed by atoms with Crippen molar-refractivity contribution in [2.24, 2.45) is 10.9 Å². The predicted octanol–water partition coefficient (Wildman–Crippen LogP) is -0.944. The van der Waals surface area contributed by atoms with Gasteiger partial charge in [0.25, 0.3) is 11.6 Å². The van der Waals surface area contributed by atoms with Gasteiger partial charge in [-0.15, -0.1) is 22.9 Å². The molecule has 1 aliphatic rings. The number of amides is 5. The molecule has 1 aromatic heterocycles. The third-order valence-electron chi connectivity index (χ3n) is 5.62. The van der Waals surface area contributed by atoms with Gasteiger partial charge in [0.2, 0.25) is 29.2 Å². The molecule has 2 unspecified atom stereocenters. The minimum Gasteiger partial charge on any atom is -0.458 e. The van der Waals surface area contributed by atoms with E-state index in [1.807, 2.05) is 0 Å². The summed E-state index contributed by atoms with van der Waals surface area (Å²) in [4.78, 5) is 92.8. The maximum absolute atomic E-state index is 13.3. The Labute approximate surface area is 256 Å². The Hall–Kier alpha value is -5.17. The third-order valence-corrected chi connectivity index (χ3v) is 6.62. The van der Waals surface area contributed by atoms with Crippen molar-refractivity contribution < 1.29 is 43.3 Å². The minimum atomic E-state index is -1.79. The van der Waals surface area contributed by atoms with Crippen LogP contribution in [0.1, 0.15) is 25.1 Å². The molecule has 20 heteroatoms. The molecular formula is C24H25ClN8O10S. The number of primary amides is 1. The van der Waals surface area contributed by atoms with Gasteiger partial charge in [0.15, 0.2) is 10.8 Å². The number of halogens is 1. The maximum Gasteiger partial charge on any atom is 0.353 e. The quantitative estimate of drug-likeness (QED) is 0.0415. The third kappa shape index (κ3) is 8.67. The van der Waals surface area contributed by atoms with E-state index in [1.165, 1.54) is 43.5 Å². The fraction of sp³-hybridized carbons (Fsp3) is 0.333. The number of carbonyl (C=O) groups is 6. The highest BCUT2D eigenvalue weighted by Gasteiger charge is 2.46. The van der Waals surface area contributed by atoms with Gasteiger partial charge >= 0.3 is 5.97 Å². The van der Waals surface area contributed by atoms with Gasteiger partial charge in [0.1, 0.15) is 30.3 Å². The summed E-state index contributed by atoms with van der Waals surface area (Å²) in [5.41, 5.74) is 2.84. The number of thiazole rings is 1. The number of nitro groups is 1. The smallest absolute Gasteiger partial charge is 0.353 e. The number of esters is 1. The molecule has 1 saturated heterocycles. The summed E-state index contributed by atoms with van der Waals surface area (Å²) >= 11 is 6.40. The minimum absolute atomic E-state index is 0.0398. The molecule has 18 nitrogen and oxygen atoms in total. The first kappa shape index (κ1) is 33.3. The predicted molar refractivity (Wildman–Crippen MR) is 152 cm³/mol. The SMILES string of the molecule is CC(C)(O/N=C(\C(=O)NC1C(=O)NC1C(=O)NCC(N)=O)c1csc(NC(=O)CCl)n1)C(=O)OCc1ccc([N+](=O)[O-])cc1. The number of β-lactam (4-membered cyclic amide) rings is 1. The van der Waals surface area contributed by atoms with E-state index in [0.29, 0.717) is 5.56 Å². The number of anilines is 1. The summed E-state index contributed by atoms with van der Waals surface area (Å²) in [6.45, 7) is 1.81. The van der Waals surface area contributed by atoms with E-state index >= 15 is 0 Å². The van der Waals surface area contributed by atoms with Gasteiger partial charge in [-0.25, -0.2) is 9.78 Å². The monoisotopic (exact) mass is 652 g/mol. The van der Waals surface area contributed by atoms with E-state index in [2.05, 4.69) is 31.4 Å². The number of oxime groups is 1. The van der Waals surface area contributed by atoms with Gasteiger partial charge in [0.05, 0.1) is 11.5 Å². The molecule has 0 bridgehead atoms. The van der Waals surface area contributed by atoms with Crippen molar-refractivity contribution >= 4 is 75.0 Å². The van der Waals surface area contributed by atoms with Crippen LogP contribution in [0.4, 0.5) is 10.8 Å². The summed E-state index contributed by atoms with van der Waals surface area (Å²) in [5, 5.41) is 25.2. The van der Waals surface area contributed by atoms with Gasteiger partial charge in [-0.05, 0) is 31.5 Å². The molecule has 6 N–H and O–H groups in total. The van der Waals surface area contributed by atoms with Crippen molar-refractivity contribution in [1.82, 2.24) is 20.9 Å². The van der Waals surface area contributed by atoms with E-state index in [4.69, 9.17) is 26.9 Å². The van der Waals surface area contributed by atoms with Crippen LogP contribution in [0, 0.1) is 10.1 Å². The van der Waals surface area contributed by atoms with Gasteiger partial charge < -0.3 is 36.6 Å². The van der Waals surface area contributed by atoms with E-state index in [0.717, 1.165) is 11.3 Å². The summed E-state index contributed by atoms with van der Waals surface area (Å²) in [6.07, 6.45) is 0. The van der Waals surface area contributed by atoms with Gasteiger partial charge in [-0.3, -0.25) is 34.1 Å². The van der Waals surface area contributed by atoms with Crippen molar-refractivity contribution in [1.29, 1.82) is 0 Å². The number of carbonyl (C=O) groups excluding carboxylic acids is 6. The van der Waals surface area contributed by atoms with E-state index < -0.39 is 70.4 Å². The van der Waals surface area contributed by atoms with E-state index in [1.54, 1.807) is 0 Å². The van der Waals surface area contributed by atoms with Crippen molar-refractivity contribution in [2.45, 2.75) is 38.1 Å². The molecular weight excluding hydrogens is 628 g/mol. The molecule has 1 aromatic carbocycles. The van der Waals surface area contributed by atoms with E-state index in [9.17, 15) is 38.9 Å². The van der Waals surface area contributed by atoms with Crippen LogP contribution in [0.15, 0.2) is 34.8 Å². The second-order valence-electron chi connectivity index (χ2n) is 9.38. The molecule has 1 fully saturated rings. The van der Waals surface area contributed by atoms with E-state index in [-0.39, 0.29) is 29.0 Å². The fourth-order valence-electron chi connectivity index (χ4n) is 3.27. The molecule has 5 amide bonds. The summed E-state index contributed by atoms with van der Waals surface area (Å²) in [5.74, 6) is -5.26. The van der Waals surface area contributed by atoms with Crippen molar-refractivity contribution in [2.75, 3.05) is 17.7 Å². The fourth-order valence-corrected chi connectivity index (χ4v) is 4.05. The topological polar surface area (TPSA) is 263 Å². The molecule has 2 heterocycles. The zero-order valence-electron chi connectivity index (χ0n) is 23.0. The van der Waals surface area contributed by atoms with Gasteiger partial charge in [-0.1, -0.05) is 5.16 Å². The normalized spacial score (nSPS) is 16.1. The number of nitro benzene ring substituents is 1. The number of non-ortho nitro benzene ring substituents is 1. The van der Waals surface area contributed by atoms with Crippen LogP contribution >= 0.6 is 22.9 Å². The number of nitrogens with two attached hydrogens (primary N) is 1. The number of nitrogens with one attached hydrogen (secondary N) is 4. The Morgan fingerprint density at radius 2 is 1.91 bits per heavy atom. The number of hydrogen-bond acceptors (Lipinski definition) is 13. The van der Waals surface area contributed by atoms with Crippen LogP contribution in [0.2, 0.25) is 0 Å². The first-order valence-corrected chi connectivity index (χ1v) is 13.8. The number of ether oxygens (including phenoxy) is 1. The lowest BCUT2D eigenvalue weighted by Crippen LogP contribution is -2.74. The standard InChI is InChI=1S/C24H25ClN8O10S/c1-24(2,22(39)42-9-11-3-5-12(6-4-11)33(40)41)43-32-16(13-10-44-23(28-13)29-15(35)7-25)20(37)31-18-17(30-21(18)38)19(36)27-8-14(26)34/h3-6,10,17-18H,7-9H2,1-2H3,(H2,26,34)(H,27,36)(H,30,38)(H,31,37)(H,28,29,35)/b32-16-. The molecule has 234 valence electrons. The Kier molecular flexibility index (Phi) is 10.9. The van der Waals surface area contributed by atoms with Crippen molar-refractivity contribution in [3.05, 3.63) is 51.0 Å². The molecule has 2 atom stereocenters. The highest BCUT2D eigenvalue weighted by atomic mass is 35.5. The van der Waals surface area contributed by atoms with Crippen LogP contribution in [-0.2, 0) is 44.9 Å². The number of alkyl halides is 1.